The van der Waals surface area contributed by atoms with Crippen LogP contribution in [0.4, 0.5) is 0 Å². The minimum absolute atomic E-state index is 0.842. The first kappa shape index (κ1) is 14.3. The number of nitrogens with zero attached hydrogens (tertiary/aromatic N) is 1. The molecule has 0 aliphatic carbocycles. The first-order valence-corrected chi connectivity index (χ1v) is 6.53. The van der Waals surface area contributed by atoms with Gasteiger partial charge in [-0.3, -0.25) is 0 Å². The average molecular weight is 243 g/mol. The molecule has 0 saturated heterocycles. The molecule has 2 heteroatoms. The highest BCUT2D eigenvalue weighted by Gasteiger charge is 2.09. The van der Waals surface area contributed by atoms with E-state index in [0.29, 0.717) is 0 Å². The van der Waals surface area contributed by atoms with Gasteiger partial charge in [0.2, 0.25) is 0 Å². The quantitative estimate of drug-likeness (QED) is 0.685. The molecular weight excluding hydrogens is 222 g/mol. The molecular formula is C16H21NO. The number of nitriles is 1. The largest absolute Gasteiger partial charge is 0.497 e. The van der Waals surface area contributed by atoms with Crippen molar-refractivity contribution in [1.29, 1.82) is 5.26 Å². The Hall–Kier alpha value is -1.75. The molecule has 0 aliphatic heterocycles. The smallest absolute Gasteiger partial charge is 0.119 e. The predicted molar refractivity (Wildman–Crippen MR) is 75.3 cm³/mol. The summed E-state index contributed by atoms with van der Waals surface area (Å²) in [5, 5.41) is 9.30. The maximum Gasteiger partial charge on any atom is 0.119 e. The monoisotopic (exact) mass is 243 g/mol. The van der Waals surface area contributed by atoms with Crippen molar-refractivity contribution in [2.75, 3.05) is 7.11 Å². The third kappa shape index (κ3) is 3.63. The second-order valence-corrected chi connectivity index (χ2v) is 4.30. The Morgan fingerprint density at radius 1 is 1.22 bits per heavy atom. The van der Waals surface area contributed by atoms with Crippen molar-refractivity contribution in [3.05, 3.63) is 35.4 Å². The second kappa shape index (κ2) is 7.55. The van der Waals surface area contributed by atoms with Crippen LogP contribution in [0.5, 0.6) is 5.75 Å². The van der Waals surface area contributed by atoms with E-state index < -0.39 is 0 Å². The molecule has 1 aromatic rings. The Kier molecular flexibility index (Phi) is 6.00. The van der Waals surface area contributed by atoms with E-state index in [2.05, 4.69) is 26.0 Å². The lowest BCUT2D eigenvalue weighted by Crippen LogP contribution is -1.93. The van der Waals surface area contributed by atoms with Crippen LogP contribution in [0.25, 0.3) is 5.57 Å². The molecule has 0 heterocycles. The zero-order valence-corrected chi connectivity index (χ0v) is 11.5. The Labute approximate surface area is 110 Å². The number of methoxy groups -OCH3 is 1. The molecule has 0 spiro atoms. The molecule has 0 aromatic heterocycles. The minimum Gasteiger partial charge on any atom is -0.497 e. The molecule has 0 atom stereocenters. The highest BCUT2D eigenvalue weighted by Crippen LogP contribution is 2.28. The van der Waals surface area contributed by atoms with E-state index in [1.54, 1.807) is 7.11 Å². The van der Waals surface area contributed by atoms with Crippen LogP contribution in [0.1, 0.15) is 45.1 Å². The van der Waals surface area contributed by atoms with E-state index in [-0.39, 0.29) is 0 Å². The molecule has 1 aromatic carbocycles. The lowest BCUT2D eigenvalue weighted by molar-refractivity contribution is 0.414. The van der Waals surface area contributed by atoms with E-state index in [9.17, 15) is 5.26 Å². The topological polar surface area (TPSA) is 33.0 Å². The Bertz CT molecular complexity index is 454. The minimum atomic E-state index is 0.842. The van der Waals surface area contributed by atoms with Crippen molar-refractivity contribution in [2.24, 2.45) is 0 Å². The van der Waals surface area contributed by atoms with Crippen molar-refractivity contribution in [3.63, 3.8) is 0 Å². The van der Waals surface area contributed by atoms with Gasteiger partial charge >= 0.3 is 0 Å². The number of allylic oxidation sites excluding steroid dienone is 2. The summed E-state index contributed by atoms with van der Waals surface area (Å²) in [6.07, 6.45) is 3.83. The van der Waals surface area contributed by atoms with Crippen LogP contribution in [0.2, 0.25) is 0 Å². The van der Waals surface area contributed by atoms with E-state index >= 15 is 0 Å². The van der Waals surface area contributed by atoms with Crippen molar-refractivity contribution < 1.29 is 4.74 Å². The number of hydrogen-bond donors (Lipinski definition) is 0. The van der Waals surface area contributed by atoms with Crippen molar-refractivity contribution in [1.82, 2.24) is 0 Å². The molecule has 0 aliphatic rings. The first-order valence-electron chi connectivity index (χ1n) is 6.53. The summed E-state index contributed by atoms with van der Waals surface area (Å²) >= 11 is 0. The van der Waals surface area contributed by atoms with Gasteiger partial charge in [0, 0.05) is 5.57 Å². The SMILES string of the molecule is CCC/C(C#N)=C(\CCC)c1cccc(OC)c1. The second-order valence-electron chi connectivity index (χ2n) is 4.30. The molecule has 0 saturated carbocycles. The van der Waals surface area contributed by atoms with Crippen LogP contribution < -0.4 is 4.74 Å². The molecule has 2 nitrogen and oxygen atoms in total. The lowest BCUT2D eigenvalue weighted by Gasteiger charge is -2.11. The molecule has 96 valence electrons. The van der Waals surface area contributed by atoms with E-state index in [0.717, 1.165) is 42.6 Å². The fourth-order valence-corrected chi connectivity index (χ4v) is 2.05. The Balaban J connectivity index is 3.22. The summed E-state index contributed by atoms with van der Waals surface area (Å²) < 4.78 is 5.25. The van der Waals surface area contributed by atoms with Gasteiger partial charge in [-0.2, -0.15) is 5.26 Å². The summed E-state index contributed by atoms with van der Waals surface area (Å²) in [4.78, 5) is 0. The maximum absolute atomic E-state index is 9.30. The van der Waals surface area contributed by atoms with Crippen LogP contribution in [-0.4, -0.2) is 7.11 Å². The first-order chi connectivity index (χ1) is 8.76. The van der Waals surface area contributed by atoms with Gasteiger partial charge in [0.05, 0.1) is 13.2 Å². The van der Waals surface area contributed by atoms with Gasteiger partial charge in [0.15, 0.2) is 0 Å². The fraction of sp³-hybridized carbons (Fsp3) is 0.438. The van der Waals surface area contributed by atoms with Gasteiger partial charge in [-0.05, 0) is 36.1 Å². The van der Waals surface area contributed by atoms with Gasteiger partial charge in [0.1, 0.15) is 5.75 Å². The summed E-state index contributed by atoms with van der Waals surface area (Å²) in [7, 11) is 1.67. The average Bonchev–Trinajstić information content (AvgIpc) is 2.42. The highest BCUT2D eigenvalue weighted by molar-refractivity contribution is 5.72. The van der Waals surface area contributed by atoms with E-state index in [4.69, 9.17) is 4.74 Å². The normalized spacial score (nSPS) is 11.7. The van der Waals surface area contributed by atoms with Gasteiger partial charge in [-0.25, -0.2) is 0 Å². The van der Waals surface area contributed by atoms with Crippen molar-refractivity contribution in [2.45, 2.75) is 39.5 Å². The van der Waals surface area contributed by atoms with Gasteiger partial charge < -0.3 is 4.74 Å². The number of benzene rings is 1. The third-order valence-corrected chi connectivity index (χ3v) is 2.92. The summed E-state index contributed by atoms with van der Waals surface area (Å²) in [6, 6.07) is 10.3. The maximum atomic E-state index is 9.30. The predicted octanol–water partition coefficient (Wildman–Crippen LogP) is 4.57. The van der Waals surface area contributed by atoms with Crippen molar-refractivity contribution in [3.8, 4) is 11.8 Å². The molecule has 18 heavy (non-hydrogen) atoms. The van der Waals surface area contributed by atoms with Gasteiger partial charge in [-0.1, -0.05) is 38.8 Å². The molecule has 0 N–H and O–H groups in total. The highest BCUT2D eigenvalue weighted by atomic mass is 16.5. The van der Waals surface area contributed by atoms with Gasteiger partial charge in [-0.15, -0.1) is 0 Å². The lowest BCUT2D eigenvalue weighted by atomic mass is 9.94. The van der Waals surface area contributed by atoms with Crippen LogP contribution in [0.15, 0.2) is 29.8 Å². The molecule has 0 unspecified atom stereocenters. The Morgan fingerprint density at radius 3 is 2.50 bits per heavy atom. The molecule has 1 rings (SSSR count). The summed E-state index contributed by atoms with van der Waals surface area (Å²) in [5.41, 5.74) is 3.19. The molecule has 0 amide bonds. The van der Waals surface area contributed by atoms with Crippen LogP contribution >= 0.6 is 0 Å². The van der Waals surface area contributed by atoms with Crippen LogP contribution in [-0.2, 0) is 0 Å². The van der Waals surface area contributed by atoms with E-state index in [1.807, 2.05) is 18.2 Å². The fourth-order valence-electron chi connectivity index (χ4n) is 2.05. The van der Waals surface area contributed by atoms with E-state index in [1.165, 1.54) is 5.57 Å². The van der Waals surface area contributed by atoms with Gasteiger partial charge in [0.25, 0.3) is 0 Å². The number of hydrogen-bond acceptors (Lipinski definition) is 2. The Morgan fingerprint density at radius 2 is 1.94 bits per heavy atom. The number of rotatable bonds is 6. The zero-order valence-electron chi connectivity index (χ0n) is 11.5. The molecule has 0 fully saturated rings. The van der Waals surface area contributed by atoms with Crippen LogP contribution in [0.3, 0.4) is 0 Å². The van der Waals surface area contributed by atoms with Crippen LogP contribution in [0, 0.1) is 11.3 Å². The summed E-state index contributed by atoms with van der Waals surface area (Å²) in [5.74, 6) is 0.842. The standard InChI is InChI=1S/C16H21NO/c1-4-7-14(12-17)16(8-5-2)13-9-6-10-15(11-13)18-3/h6,9-11H,4-5,7-8H2,1-3H3/b16-14-. The third-order valence-electron chi connectivity index (χ3n) is 2.92. The van der Waals surface area contributed by atoms with Crippen molar-refractivity contribution >= 4 is 5.57 Å². The molecule has 0 bridgehead atoms. The molecule has 0 radical (unpaired) electrons. The number of ether oxygens (including phenoxy) is 1. The zero-order chi connectivity index (χ0) is 13.4. The summed E-state index contributed by atoms with van der Waals surface area (Å²) in [6.45, 7) is 4.24.